The molecule has 4 heterocycles. The van der Waals surface area contributed by atoms with E-state index in [1.807, 2.05) is 42.5 Å². The van der Waals surface area contributed by atoms with Crippen LogP contribution in [0.3, 0.4) is 0 Å². The van der Waals surface area contributed by atoms with Crippen molar-refractivity contribution in [3.05, 3.63) is 182 Å². The molecule has 54 heavy (non-hydrogen) atoms. The SMILES string of the molecule is c1ccc(-c2cc(-c3ccc4oc5c(-c6ccccc6)nc6ccccc6c5c4c3)nc(-c3ccc(-n4c5ccccc5c5ccccc54)cc3)n2)cc1. The van der Waals surface area contributed by atoms with Gasteiger partial charge in [0.25, 0.3) is 0 Å². The molecule has 0 spiro atoms. The van der Waals surface area contributed by atoms with Crippen LogP contribution in [0, 0.1) is 0 Å². The van der Waals surface area contributed by atoms with Gasteiger partial charge in [-0.15, -0.1) is 0 Å². The first-order chi connectivity index (χ1) is 26.8. The third-order valence-corrected chi connectivity index (χ3v) is 10.4. The van der Waals surface area contributed by atoms with Gasteiger partial charge >= 0.3 is 0 Å². The maximum atomic E-state index is 6.62. The Hall–Kier alpha value is -7.37. The third-order valence-electron chi connectivity index (χ3n) is 10.4. The molecule has 0 unspecified atom stereocenters. The van der Waals surface area contributed by atoms with Crippen LogP contribution in [0.15, 0.2) is 186 Å². The number of hydrogen-bond acceptors (Lipinski definition) is 4. The lowest BCUT2D eigenvalue weighted by Crippen LogP contribution is -1.97. The summed E-state index contributed by atoms with van der Waals surface area (Å²) in [6, 6.07) is 63.0. The average Bonchev–Trinajstić information content (AvgIpc) is 3.80. The molecule has 0 radical (unpaired) electrons. The van der Waals surface area contributed by atoms with Gasteiger partial charge < -0.3 is 8.98 Å². The van der Waals surface area contributed by atoms with E-state index in [2.05, 4.69) is 144 Å². The molecule has 0 saturated heterocycles. The molecular formula is C49H30N4O. The molecule has 5 heteroatoms. The van der Waals surface area contributed by atoms with Crippen molar-refractivity contribution in [3.8, 4) is 50.8 Å². The molecule has 0 aliphatic rings. The Kier molecular flexibility index (Phi) is 6.79. The minimum Gasteiger partial charge on any atom is -0.454 e. The van der Waals surface area contributed by atoms with E-state index in [1.165, 1.54) is 21.8 Å². The van der Waals surface area contributed by atoms with Crippen LogP contribution in [0.5, 0.6) is 0 Å². The minimum atomic E-state index is 0.665. The lowest BCUT2D eigenvalue weighted by Gasteiger charge is -2.11. The second-order valence-corrected chi connectivity index (χ2v) is 13.6. The topological polar surface area (TPSA) is 56.7 Å². The van der Waals surface area contributed by atoms with Gasteiger partial charge in [0.2, 0.25) is 0 Å². The van der Waals surface area contributed by atoms with Gasteiger partial charge in [-0.1, -0.05) is 115 Å². The predicted octanol–water partition coefficient (Wildman–Crippen LogP) is 12.7. The summed E-state index contributed by atoms with van der Waals surface area (Å²) in [5.74, 6) is 0.665. The van der Waals surface area contributed by atoms with Crippen molar-refractivity contribution in [2.45, 2.75) is 0 Å². The van der Waals surface area contributed by atoms with Crippen molar-refractivity contribution in [2.24, 2.45) is 0 Å². The van der Waals surface area contributed by atoms with Crippen molar-refractivity contribution in [3.63, 3.8) is 0 Å². The van der Waals surface area contributed by atoms with E-state index in [4.69, 9.17) is 19.4 Å². The van der Waals surface area contributed by atoms with Gasteiger partial charge in [0.15, 0.2) is 11.4 Å². The van der Waals surface area contributed by atoms with Gasteiger partial charge in [-0.25, -0.2) is 15.0 Å². The molecule has 252 valence electrons. The van der Waals surface area contributed by atoms with Crippen LogP contribution in [0.1, 0.15) is 0 Å². The second kappa shape index (κ2) is 12.1. The summed E-state index contributed by atoms with van der Waals surface area (Å²) in [7, 11) is 0. The van der Waals surface area contributed by atoms with E-state index in [1.54, 1.807) is 0 Å². The summed E-state index contributed by atoms with van der Waals surface area (Å²) >= 11 is 0. The summed E-state index contributed by atoms with van der Waals surface area (Å²) in [6.45, 7) is 0. The Bertz CT molecular complexity index is 3150. The van der Waals surface area contributed by atoms with Gasteiger partial charge in [0.1, 0.15) is 11.3 Å². The number of furan rings is 1. The standard InChI is InChI=1S/C49H30N4O/c1-3-13-31(14-4-1)41-30-42(52-49(51-41)33-23-26-35(27-24-33)53-43-21-11-8-17-36(43)37-18-9-12-22-44(37)53)34-25-28-45-39(29-34)46-38-19-7-10-20-40(38)50-47(48(46)54-45)32-15-5-2-6-16-32/h1-30H. The van der Waals surface area contributed by atoms with Crippen molar-refractivity contribution in [2.75, 3.05) is 0 Å². The molecule has 5 nitrogen and oxygen atoms in total. The van der Waals surface area contributed by atoms with Gasteiger partial charge in [-0.3, -0.25) is 0 Å². The lowest BCUT2D eigenvalue weighted by atomic mass is 10.0. The minimum absolute atomic E-state index is 0.665. The highest BCUT2D eigenvalue weighted by molar-refractivity contribution is 6.21. The fraction of sp³-hybridized carbons (Fsp3) is 0. The predicted molar refractivity (Wildman–Crippen MR) is 221 cm³/mol. The summed E-state index contributed by atoms with van der Waals surface area (Å²) in [5, 5.41) is 5.61. The maximum absolute atomic E-state index is 6.62. The second-order valence-electron chi connectivity index (χ2n) is 13.6. The van der Waals surface area contributed by atoms with Crippen molar-refractivity contribution in [1.29, 1.82) is 0 Å². The molecule has 11 aromatic rings. The highest BCUT2D eigenvalue weighted by Gasteiger charge is 2.19. The van der Waals surface area contributed by atoms with E-state index in [0.717, 1.165) is 77.9 Å². The van der Waals surface area contributed by atoms with Crippen LogP contribution in [-0.2, 0) is 0 Å². The van der Waals surface area contributed by atoms with E-state index in [-0.39, 0.29) is 0 Å². The Morgan fingerprint density at radius 1 is 0.407 bits per heavy atom. The smallest absolute Gasteiger partial charge is 0.162 e. The van der Waals surface area contributed by atoms with Gasteiger partial charge in [-0.05, 0) is 66.7 Å². The van der Waals surface area contributed by atoms with E-state index >= 15 is 0 Å². The molecule has 0 aliphatic heterocycles. The summed E-state index contributed by atoms with van der Waals surface area (Å²) in [4.78, 5) is 15.4. The third kappa shape index (κ3) is 4.83. The first-order valence-corrected chi connectivity index (χ1v) is 18.1. The molecule has 4 aromatic heterocycles. The fourth-order valence-corrected chi connectivity index (χ4v) is 7.88. The van der Waals surface area contributed by atoms with Crippen LogP contribution in [0.2, 0.25) is 0 Å². The summed E-state index contributed by atoms with van der Waals surface area (Å²) in [6.07, 6.45) is 0. The molecule has 7 aromatic carbocycles. The van der Waals surface area contributed by atoms with Crippen LogP contribution in [0.4, 0.5) is 0 Å². The number of aromatic nitrogens is 4. The van der Waals surface area contributed by atoms with Crippen LogP contribution >= 0.6 is 0 Å². The molecule has 0 bridgehead atoms. The first-order valence-electron chi connectivity index (χ1n) is 18.1. The zero-order chi connectivity index (χ0) is 35.6. The molecule has 0 saturated carbocycles. The summed E-state index contributed by atoms with van der Waals surface area (Å²) in [5.41, 5.74) is 12.5. The monoisotopic (exact) mass is 690 g/mol. The number of pyridine rings is 1. The zero-order valence-corrected chi connectivity index (χ0v) is 29.0. The molecule has 0 fully saturated rings. The summed E-state index contributed by atoms with van der Waals surface area (Å²) < 4.78 is 8.95. The lowest BCUT2D eigenvalue weighted by molar-refractivity contribution is 0.669. The van der Waals surface area contributed by atoms with Gasteiger partial charge in [0, 0.05) is 54.9 Å². The normalized spacial score (nSPS) is 11.7. The Labute approximate surface area is 310 Å². The highest BCUT2D eigenvalue weighted by Crippen LogP contribution is 2.41. The largest absolute Gasteiger partial charge is 0.454 e. The molecule has 0 atom stereocenters. The quantitative estimate of drug-likeness (QED) is 0.180. The fourth-order valence-electron chi connectivity index (χ4n) is 7.88. The number of para-hydroxylation sites is 3. The van der Waals surface area contributed by atoms with Crippen LogP contribution in [-0.4, -0.2) is 19.5 Å². The molecule has 0 aliphatic carbocycles. The van der Waals surface area contributed by atoms with E-state index < -0.39 is 0 Å². The maximum Gasteiger partial charge on any atom is 0.162 e. The molecule has 11 rings (SSSR count). The van der Waals surface area contributed by atoms with E-state index in [0.29, 0.717) is 5.82 Å². The highest BCUT2D eigenvalue weighted by atomic mass is 16.3. The number of nitrogens with zero attached hydrogens (tertiary/aromatic N) is 4. The van der Waals surface area contributed by atoms with E-state index in [9.17, 15) is 0 Å². The first kappa shape index (κ1) is 30.3. The van der Waals surface area contributed by atoms with Crippen LogP contribution < -0.4 is 0 Å². The van der Waals surface area contributed by atoms with Crippen molar-refractivity contribution >= 4 is 54.6 Å². The zero-order valence-electron chi connectivity index (χ0n) is 29.0. The Morgan fingerprint density at radius 3 is 1.69 bits per heavy atom. The van der Waals surface area contributed by atoms with Gasteiger partial charge in [-0.2, -0.15) is 0 Å². The number of rotatable bonds is 5. The van der Waals surface area contributed by atoms with Gasteiger partial charge in [0.05, 0.1) is 27.9 Å². The number of fused-ring (bicyclic) bond motifs is 8. The molecular weight excluding hydrogens is 661 g/mol. The van der Waals surface area contributed by atoms with Crippen molar-refractivity contribution < 1.29 is 4.42 Å². The Morgan fingerprint density at radius 2 is 0.981 bits per heavy atom. The number of hydrogen-bond donors (Lipinski definition) is 0. The average molecular weight is 691 g/mol. The van der Waals surface area contributed by atoms with Crippen molar-refractivity contribution in [1.82, 2.24) is 19.5 Å². The molecule has 0 N–H and O–H groups in total. The Balaban J connectivity index is 1.08. The molecule has 0 amide bonds. The van der Waals surface area contributed by atoms with Crippen LogP contribution in [0.25, 0.3) is 105 Å². The number of benzene rings is 7.